The first-order valence-electron chi connectivity index (χ1n) is 13.0. The summed E-state index contributed by atoms with van der Waals surface area (Å²) in [4.78, 5) is 5.87. The Morgan fingerprint density at radius 1 is 1.00 bits per heavy atom. The highest BCUT2D eigenvalue weighted by Crippen LogP contribution is 2.38. The summed E-state index contributed by atoms with van der Waals surface area (Å²) in [6.45, 7) is 1.70. The molecule has 10 heteroatoms. The van der Waals surface area contributed by atoms with Crippen LogP contribution in [0.3, 0.4) is 0 Å². The van der Waals surface area contributed by atoms with Crippen molar-refractivity contribution >= 4 is 5.71 Å². The van der Waals surface area contributed by atoms with Gasteiger partial charge in [0.25, 0.3) is 0 Å². The molecule has 0 saturated heterocycles. The monoisotopic (exact) mass is 544 g/mol. The van der Waals surface area contributed by atoms with Crippen LogP contribution < -0.4 is 14.2 Å². The predicted octanol–water partition coefficient (Wildman–Crippen LogP) is 4.05. The fourth-order valence-corrected chi connectivity index (χ4v) is 4.59. The number of hydrogen-bond acceptors (Lipinski definition) is 9. The molecule has 1 aromatic heterocycles. The van der Waals surface area contributed by atoms with Crippen LogP contribution in [-0.2, 0) is 11.3 Å². The summed E-state index contributed by atoms with van der Waals surface area (Å²) in [7, 11) is 3.15. The van der Waals surface area contributed by atoms with Crippen LogP contribution in [0, 0.1) is 0 Å². The molecule has 2 heterocycles. The van der Waals surface area contributed by atoms with E-state index in [-0.39, 0.29) is 12.6 Å². The normalized spacial score (nSPS) is 18.9. The number of oxime groups is 1. The third-order valence-corrected chi connectivity index (χ3v) is 6.86. The van der Waals surface area contributed by atoms with Crippen molar-refractivity contribution < 1.29 is 29.3 Å². The van der Waals surface area contributed by atoms with E-state index in [4.69, 9.17) is 19.0 Å². The zero-order chi connectivity index (χ0) is 28.1. The number of ether oxygens (including phenoxy) is 3. The Balaban J connectivity index is 1.39. The molecule has 0 aliphatic carbocycles. The lowest BCUT2D eigenvalue weighted by atomic mass is 9.92. The summed E-state index contributed by atoms with van der Waals surface area (Å²) in [5.74, 6) is 1.77. The molecule has 0 fully saturated rings. The summed E-state index contributed by atoms with van der Waals surface area (Å²) in [6.07, 6.45) is -0.118. The van der Waals surface area contributed by atoms with Crippen LogP contribution in [0.5, 0.6) is 17.2 Å². The molecule has 5 rings (SSSR count). The van der Waals surface area contributed by atoms with Crippen molar-refractivity contribution in [3.63, 3.8) is 0 Å². The van der Waals surface area contributed by atoms with Gasteiger partial charge in [0.2, 0.25) is 0 Å². The van der Waals surface area contributed by atoms with E-state index in [2.05, 4.69) is 15.5 Å². The molecule has 10 nitrogen and oxygen atoms in total. The van der Waals surface area contributed by atoms with E-state index in [0.717, 1.165) is 11.1 Å². The number of methoxy groups -OCH3 is 2. The Morgan fingerprint density at radius 3 is 2.52 bits per heavy atom. The second-order valence-corrected chi connectivity index (χ2v) is 9.50. The largest absolute Gasteiger partial charge is 0.497 e. The van der Waals surface area contributed by atoms with Gasteiger partial charge in [-0.25, -0.2) is 4.68 Å². The summed E-state index contributed by atoms with van der Waals surface area (Å²) >= 11 is 0. The van der Waals surface area contributed by atoms with E-state index >= 15 is 0 Å². The lowest BCUT2D eigenvalue weighted by molar-refractivity contribution is 0.0474. The van der Waals surface area contributed by atoms with Crippen LogP contribution in [0.2, 0.25) is 0 Å². The number of hydrogen-bond donors (Lipinski definition) is 2. The lowest BCUT2D eigenvalue weighted by Crippen LogP contribution is -2.37. The average Bonchev–Trinajstić information content (AvgIpc) is 3.49. The van der Waals surface area contributed by atoms with Crippen molar-refractivity contribution in [3.05, 3.63) is 101 Å². The maximum atomic E-state index is 11.4. The number of rotatable bonds is 10. The van der Waals surface area contributed by atoms with E-state index in [1.807, 2.05) is 54.6 Å². The zero-order valence-electron chi connectivity index (χ0n) is 22.5. The maximum absolute atomic E-state index is 11.4. The number of aliphatic hydroxyl groups is 2. The molecule has 0 spiro atoms. The van der Waals surface area contributed by atoms with Crippen LogP contribution in [0.4, 0.5) is 0 Å². The molecule has 40 heavy (non-hydrogen) atoms. The molecular weight excluding hydrogens is 512 g/mol. The van der Waals surface area contributed by atoms with Crippen LogP contribution in [0.25, 0.3) is 0 Å². The first-order chi connectivity index (χ1) is 19.5. The van der Waals surface area contributed by atoms with Gasteiger partial charge in [-0.1, -0.05) is 52.8 Å². The molecule has 1 aliphatic heterocycles. The SMILES string of the molecule is COc1cccc([C@H]2Oc3ccc(OC)cc3/C(=N\O[C@@H](C)c3cn([C@H](CO)Cc4ccccc4)nn3)[C@@H]2O)c1. The van der Waals surface area contributed by atoms with Crippen molar-refractivity contribution in [1.29, 1.82) is 0 Å². The minimum atomic E-state index is -1.14. The van der Waals surface area contributed by atoms with E-state index in [0.29, 0.717) is 40.6 Å². The van der Waals surface area contributed by atoms with Crippen LogP contribution in [-0.4, -0.2) is 57.8 Å². The first kappa shape index (κ1) is 27.2. The Kier molecular flexibility index (Phi) is 8.28. The van der Waals surface area contributed by atoms with Gasteiger partial charge in [0, 0.05) is 5.56 Å². The molecule has 0 bridgehead atoms. The van der Waals surface area contributed by atoms with E-state index < -0.39 is 18.3 Å². The van der Waals surface area contributed by atoms with Crippen molar-refractivity contribution in [2.75, 3.05) is 20.8 Å². The van der Waals surface area contributed by atoms with Gasteiger partial charge in [-0.3, -0.25) is 0 Å². The van der Waals surface area contributed by atoms with E-state index in [1.54, 1.807) is 50.2 Å². The third-order valence-electron chi connectivity index (χ3n) is 6.86. The van der Waals surface area contributed by atoms with Crippen LogP contribution in [0.1, 0.15) is 47.6 Å². The van der Waals surface area contributed by atoms with Crippen molar-refractivity contribution in [3.8, 4) is 17.2 Å². The number of benzene rings is 3. The predicted molar refractivity (Wildman–Crippen MR) is 148 cm³/mol. The Labute approximate surface area is 232 Å². The second kappa shape index (κ2) is 12.2. The molecular formula is C30H32N4O6. The Morgan fingerprint density at radius 2 is 1.77 bits per heavy atom. The van der Waals surface area contributed by atoms with Crippen LogP contribution >= 0.6 is 0 Å². The molecule has 0 radical (unpaired) electrons. The topological polar surface area (TPSA) is 120 Å². The Hall–Kier alpha value is -4.41. The number of aromatic nitrogens is 3. The fourth-order valence-electron chi connectivity index (χ4n) is 4.59. The van der Waals surface area contributed by atoms with Crippen LogP contribution in [0.15, 0.2) is 84.1 Å². The van der Waals surface area contributed by atoms with Gasteiger partial charge in [-0.05, 0) is 54.8 Å². The van der Waals surface area contributed by atoms with E-state index in [1.165, 1.54) is 0 Å². The average molecular weight is 545 g/mol. The molecule has 3 aromatic carbocycles. The Bertz CT molecular complexity index is 1460. The summed E-state index contributed by atoms with van der Waals surface area (Å²) in [6, 6.07) is 22.3. The number of fused-ring (bicyclic) bond motifs is 1. The fraction of sp³-hybridized carbons (Fsp3) is 0.300. The highest BCUT2D eigenvalue weighted by Gasteiger charge is 2.37. The van der Waals surface area contributed by atoms with Crippen molar-refractivity contribution in [2.45, 2.75) is 37.7 Å². The summed E-state index contributed by atoms with van der Waals surface area (Å²) < 4.78 is 18.6. The first-order valence-corrected chi connectivity index (χ1v) is 13.0. The van der Waals surface area contributed by atoms with Gasteiger partial charge in [0.1, 0.15) is 34.8 Å². The van der Waals surface area contributed by atoms with Gasteiger partial charge in [-0.15, -0.1) is 5.10 Å². The molecule has 208 valence electrons. The highest BCUT2D eigenvalue weighted by atomic mass is 16.6. The highest BCUT2D eigenvalue weighted by molar-refractivity contribution is 6.07. The smallest absolute Gasteiger partial charge is 0.169 e. The molecule has 4 atom stereocenters. The lowest BCUT2D eigenvalue weighted by Gasteiger charge is -2.32. The number of nitrogens with zero attached hydrogens (tertiary/aromatic N) is 4. The molecule has 0 unspecified atom stereocenters. The van der Waals surface area contributed by atoms with E-state index in [9.17, 15) is 10.2 Å². The van der Waals surface area contributed by atoms with Gasteiger partial charge >= 0.3 is 0 Å². The zero-order valence-corrected chi connectivity index (χ0v) is 22.5. The third kappa shape index (κ3) is 5.78. The van der Waals surface area contributed by atoms with Gasteiger partial charge in [0.15, 0.2) is 12.2 Å². The van der Waals surface area contributed by atoms with Gasteiger partial charge < -0.3 is 29.3 Å². The molecule has 1 aliphatic rings. The minimum Gasteiger partial charge on any atom is -0.497 e. The maximum Gasteiger partial charge on any atom is 0.169 e. The van der Waals surface area contributed by atoms with Gasteiger partial charge in [0.05, 0.1) is 33.1 Å². The second-order valence-electron chi connectivity index (χ2n) is 9.50. The van der Waals surface area contributed by atoms with Gasteiger partial charge in [-0.2, -0.15) is 0 Å². The summed E-state index contributed by atoms with van der Waals surface area (Å²) in [5.41, 5.74) is 3.20. The van der Waals surface area contributed by atoms with Crippen molar-refractivity contribution in [1.82, 2.24) is 15.0 Å². The quantitative estimate of drug-likeness (QED) is 0.287. The standard InChI is InChI=1S/C30H32N4O6/c1-19(26-17-34(33-31-26)22(18-35)14-20-8-5-4-6-9-20)40-32-28-25-16-24(38-3)12-13-27(25)39-30(29(28)36)21-10-7-11-23(15-21)37-2/h4-13,15-17,19,22,29-30,35-36H,14,18H2,1-3H3/b32-28+/t19-,22-,29-,30+/m0/s1. The summed E-state index contributed by atoms with van der Waals surface area (Å²) in [5, 5.41) is 34.3. The van der Waals surface area contributed by atoms with Crippen molar-refractivity contribution in [2.24, 2.45) is 5.16 Å². The number of aliphatic hydroxyl groups excluding tert-OH is 2. The minimum absolute atomic E-state index is 0.0916. The molecule has 0 saturated carbocycles. The molecule has 4 aromatic rings. The molecule has 2 N–H and O–H groups in total. The molecule has 0 amide bonds.